The zero-order chi connectivity index (χ0) is 18.4. The van der Waals surface area contributed by atoms with Crippen molar-refractivity contribution >= 4 is 38.5 Å². The number of imidazole rings is 1. The van der Waals surface area contributed by atoms with E-state index in [0.29, 0.717) is 5.82 Å². The highest BCUT2D eigenvalue weighted by Gasteiger charge is 2.17. The van der Waals surface area contributed by atoms with E-state index in [9.17, 15) is 4.79 Å². The van der Waals surface area contributed by atoms with Gasteiger partial charge in [0.05, 0.1) is 0 Å². The van der Waals surface area contributed by atoms with Crippen LogP contribution < -0.4 is 4.84 Å². The molecule has 0 amide bonds. The fraction of sp³-hybridized carbons (Fsp3) is 0.0435. The molecule has 0 bridgehead atoms. The van der Waals surface area contributed by atoms with Gasteiger partial charge in [0.25, 0.3) is 0 Å². The lowest BCUT2D eigenvalue weighted by Gasteiger charge is -2.08. The van der Waals surface area contributed by atoms with Gasteiger partial charge in [0.15, 0.2) is 5.82 Å². The first kappa shape index (κ1) is 15.6. The molecule has 1 aromatic heterocycles. The third-order valence-corrected chi connectivity index (χ3v) is 4.76. The van der Waals surface area contributed by atoms with E-state index >= 15 is 0 Å². The zero-order valence-corrected chi connectivity index (χ0v) is 14.7. The highest BCUT2D eigenvalue weighted by Crippen LogP contribution is 2.33. The Labute approximate surface area is 155 Å². The first-order chi connectivity index (χ1) is 13.2. The summed E-state index contributed by atoms with van der Waals surface area (Å²) in [7, 11) is 0. The van der Waals surface area contributed by atoms with E-state index in [1.54, 1.807) is 0 Å². The molecule has 4 nitrogen and oxygen atoms in total. The molecule has 27 heavy (non-hydrogen) atoms. The Morgan fingerprint density at radius 3 is 2.37 bits per heavy atom. The van der Waals surface area contributed by atoms with Crippen LogP contribution in [0.15, 0.2) is 78.9 Å². The van der Waals surface area contributed by atoms with Crippen LogP contribution in [-0.2, 0) is 4.79 Å². The van der Waals surface area contributed by atoms with Gasteiger partial charge in [-0.1, -0.05) is 72.8 Å². The third kappa shape index (κ3) is 2.46. The van der Waals surface area contributed by atoms with Crippen molar-refractivity contribution < 1.29 is 9.63 Å². The Balaban J connectivity index is 1.89. The normalized spacial score (nSPS) is 11.3. The Hall–Kier alpha value is -3.66. The summed E-state index contributed by atoms with van der Waals surface area (Å²) in [5, 5.41) is 4.54. The lowest BCUT2D eigenvalue weighted by Crippen LogP contribution is -2.17. The Morgan fingerprint density at radius 1 is 0.815 bits per heavy atom. The van der Waals surface area contributed by atoms with Gasteiger partial charge < -0.3 is 4.84 Å². The van der Waals surface area contributed by atoms with Crippen LogP contribution in [0.5, 0.6) is 0 Å². The average molecular weight is 352 g/mol. The number of nitrogens with zero attached hydrogens (tertiary/aromatic N) is 2. The summed E-state index contributed by atoms with van der Waals surface area (Å²) in [5.74, 6) is 0.228. The molecule has 0 unspecified atom stereocenters. The molecular formula is C23H16N2O2. The van der Waals surface area contributed by atoms with Crippen LogP contribution in [0.4, 0.5) is 0 Å². The number of aromatic nitrogens is 2. The molecule has 0 radical (unpaired) electrons. The molecule has 130 valence electrons. The van der Waals surface area contributed by atoms with E-state index in [1.165, 1.54) is 22.4 Å². The average Bonchev–Trinajstić information content (AvgIpc) is 3.06. The maximum absolute atomic E-state index is 11.7. The van der Waals surface area contributed by atoms with Gasteiger partial charge in [0, 0.05) is 17.9 Å². The lowest BCUT2D eigenvalue weighted by molar-refractivity contribution is -0.140. The number of hydrogen-bond donors (Lipinski definition) is 0. The SMILES string of the molecule is CC(=O)On1c(-c2ccccc2)nc2c3ccc4ccccc4c3ccc21. The molecule has 0 fully saturated rings. The van der Waals surface area contributed by atoms with Crippen molar-refractivity contribution in [1.29, 1.82) is 0 Å². The number of benzene rings is 4. The topological polar surface area (TPSA) is 44.1 Å². The van der Waals surface area contributed by atoms with E-state index < -0.39 is 0 Å². The molecule has 0 aliphatic rings. The van der Waals surface area contributed by atoms with Crippen LogP contribution in [0, 0.1) is 0 Å². The first-order valence-electron chi connectivity index (χ1n) is 8.79. The van der Waals surface area contributed by atoms with Gasteiger partial charge in [-0.15, -0.1) is 0 Å². The predicted octanol–water partition coefficient (Wildman–Crippen LogP) is 4.98. The molecular weight excluding hydrogens is 336 g/mol. The fourth-order valence-corrected chi connectivity index (χ4v) is 3.60. The summed E-state index contributed by atoms with van der Waals surface area (Å²) in [5.41, 5.74) is 2.48. The van der Waals surface area contributed by atoms with Gasteiger partial charge >= 0.3 is 5.97 Å². The molecule has 0 N–H and O–H groups in total. The Morgan fingerprint density at radius 2 is 1.56 bits per heavy atom. The number of rotatable bonds is 2. The van der Waals surface area contributed by atoms with Gasteiger partial charge in [0.1, 0.15) is 11.0 Å². The summed E-state index contributed by atoms with van der Waals surface area (Å²) in [6.45, 7) is 1.40. The van der Waals surface area contributed by atoms with E-state index in [-0.39, 0.29) is 5.97 Å². The predicted molar refractivity (Wildman–Crippen MR) is 107 cm³/mol. The second kappa shape index (κ2) is 5.95. The van der Waals surface area contributed by atoms with Gasteiger partial charge in [-0.25, -0.2) is 9.78 Å². The summed E-state index contributed by atoms with van der Waals surface area (Å²) in [4.78, 5) is 22.1. The van der Waals surface area contributed by atoms with Gasteiger partial charge in [-0.05, 0) is 22.2 Å². The summed E-state index contributed by atoms with van der Waals surface area (Å²) >= 11 is 0. The van der Waals surface area contributed by atoms with Crippen LogP contribution in [0.25, 0.3) is 44.0 Å². The second-order valence-electron chi connectivity index (χ2n) is 6.49. The van der Waals surface area contributed by atoms with Crippen LogP contribution in [0.3, 0.4) is 0 Å². The number of carbonyl (C=O) groups excluding carboxylic acids is 1. The second-order valence-corrected chi connectivity index (χ2v) is 6.49. The molecule has 4 aromatic carbocycles. The van der Waals surface area contributed by atoms with Crippen molar-refractivity contribution in [3.8, 4) is 11.4 Å². The maximum atomic E-state index is 11.7. The van der Waals surface area contributed by atoms with Gasteiger partial charge in [-0.2, -0.15) is 4.73 Å². The first-order valence-corrected chi connectivity index (χ1v) is 8.79. The van der Waals surface area contributed by atoms with Crippen LogP contribution in [0.1, 0.15) is 6.92 Å². The molecule has 0 saturated carbocycles. The molecule has 0 saturated heterocycles. The summed E-state index contributed by atoms with van der Waals surface area (Å²) < 4.78 is 1.53. The minimum absolute atomic E-state index is 0.384. The van der Waals surface area contributed by atoms with Crippen molar-refractivity contribution in [3.63, 3.8) is 0 Å². The zero-order valence-electron chi connectivity index (χ0n) is 14.7. The Bertz CT molecular complexity index is 1320. The molecule has 1 heterocycles. The lowest BCUT2D eigenvalue weighted by atomic mass is 10.0. The van der Waals surface area contributed by atoms with Crippen molar-refractivity contribution in [2.45, 2.75) is 6.92 Å². The highest BCUT2D eigenvalue weighted by molar-refractivity contribution is 6.16. The minimum atomic E-state index is -0.384. The van der Waals surface area contributed by atoms with E-state index in [2.05, 4.69) is 30.3 Å². The number of carbonyl (C=O) groups is 1. The quantitative estimate of drug-likeness (QED) is 0.421. The fourth-order valence-electron chi connectivity index (χ4n) is 3.60. The summed E-state index contributed by atoms with van der Waals surface area (Å²) in [6.07, 6.45) is 0. The standard InChI is InChI=1S/C23H16N2O2/c1-15(26)27-25-21-14-13-19-18-10-6-5-7-16(18)11-12-20(19)22(21)24-23(25)17-8-3-2-4-9-17/h2-14H,1H3. The maximum Gasteiger partial charge on any atom is 0.329 e. The molecule has 5 rings (SSSR count). The van der Waals surface area contributed by atoms with Crippen LogP contribution >= 0.6 is 0 Å². The minimum Gasteiger partial charge on any atom is -0.335 e. The molecule has 0 aliphatic carbocycles. The van der Waals surface area contributed by atoms with Crippen molar-refractivity contribution in [2.24, 2.45) is 0 Å². The van der Waals surface area contributed by atoms with Crippen molar-refractivity contribution in [1.82, 2.24) is 9.71 Å². The number of hydrogen-bond acceptors (Lipinski definition) is 3. The van der Waals surface area contributed by atoms with Crippen molar-refractivity contribution in [2.75, 3.05) is 0 Å². The van der Waals surface area contributed by atoms with E-state index in [4.69, 9.17) is 9.82 Å². The van der Waals surface area contributed by atoms with E-state index in [0.717, 1.165) is 27.4 Å². The van der Waals surface area contributed by atoms with Gasteiger partial charge in [-0.3, -0.25) is 0 Å². The monoisotopic (exact) mass is 352 g/mol. The molecule has 0 atom stereocenters. The smallest absolute Gasteiger partial charge is 0.329 e. The summed E-state index contributed by atoms with van der Waals surface area (Å²) in [6, 6.07) is 26.3. The molecule has 0 aliphatic heterocycles. The molecule has 0 spiro atoms. The van der Waals surface area contributed by atoms with Gasteiger partial charge in [0.2, 0.25) is 0 Å². The highest BCUT2D eigenvalue weighted by atomic mass is 16.7. The molecule has 4 heteroatoms. The largest absolute Gasteiger partial charge is 0.335 e. The van der Waals surface area contributed by atoms with Crippen LogP contribution in [-0.4, -0.2) is 15.7 Å². The Kier molecular flexibility index (Phi) is 3.44. The molecule has 5 aromatic rings. The van der Waals surface area contributed by atoms with E-state index in [1.807, 2.05) is 48.5 Å². The third-order valence-electron chi connectivity index (χ3n) is 4.76. The van der Waals surface area contributed by atoms with Crippen LogP contribution in [0.2, 0.25) is 0 Å². The number of fused-ring (bicyclic) bond motifs is 5. The van der Waals surface area contributed by atoms with Crippen molar-refractivity contribution in [3.05, 3.63) is 78.9 Å².